The van der Waals surface area contributed by atoms with E-state index in [-0.39, 0.29) is 0 Å². The Hall–Kier alpha value is -0.860. The summed E-state index contributed by atoms with van der Waals surface area (Å²) in [6.45, 7) is 0. The lowest BCUT2D eigenvalue weighted by atomic mass is 9.95. The smallest absolute Gasteiger partial charge is 0.0244 e. The standard InChI is InChI=1S/C17H26N2/c18-19-17(11-10-13-6-4-5-7-13)16-12-15(16)14-8-2-1-3-9-14/h1-3,8-9,13,15-17,19H,4-7,10-12,18H2. The molecule has 2 nitrogen and oxygen atoms in total. The highest BCUT2D eigenvalue weighted by molar-refractivity contribution is 5.26. The molecule has 2 aliphatic rings. The molecular weight excluding hydrogens is 232 g/mol. The van der Waals surface area contributed by atoms with Crippen LogP contribution in [-0.4, -0.2) is 6.04 Å². The first-order valence-electron chi connectivity index (χ1n) is 7.89. The molecule has 3 N–H and O–H groups in total. The Kier molecular flexibility index (Phi) is 4.19. The lowest BCUT2D eigenvalue weighted by Crippen LogP contribution is -2.37. The average Bonchev–Trinajstić information content (AvgIpc) is 3.07. The zero-order chi connectivity index (χ0) is 13.1. The fourth-order valence-electron chi connectivity index (χ4n) is 3.88. The van der Waals surface area contributed by atoms with Crippen LogP contribution in [-0.2, 0) is 0 Å². The normalized spacial score (nSPS) is 28.5. The van der Waals surface area contributed by atoms with Gasteiger partial charge in [-0.25, -0.2) is 0 Å². The van der Waals surface area contributed by atoms with Crippen molar-refractivity contribution in [2.75, 3.05) is 0 Å². The number of hydrogen-bond donors (Lipinski definition) is 2. The van der Waals surface area contributed by atoms with Gasteiger partial charge in [-0.05, 0) is 42.6 Å². The summed E-state index contributed by atoms with van der Waals surface area (Å²) < 4.78 is 0. The maximum absolute atomic E-state index is 5.79. The highest BCUT2D eigenvalue weighted by Crippen LogP contribution is 2.50. The van der Waals surface area contributed by atoms with E-state index in [2.05, 4.69) is 35.8 Å². The van der Waals surface area contributed by atoms with Gasteiger partial charge in [-0.3, -0.25) is 11.3 Å². The minimum atomic E-state index is 0.519. The fourth-order valence-corrected chi connectivity index (χ4v) is 3.88. The van der Waals surface area contributed by atoms with E-state index in [0.717, 1.165) is 17.8 Å². The summed E-state index contributed by atoms with van der Waals surface area (Å²) in [7, 11) is 0. The number of hydrogen-bond acceptors (Lipinski definition) is 2. The Morgan fingerprint density at radius 1 is 1.16 bits per heavy atom. The second-order valence-electron chi connectivity index (χ2n) is 6.42. The van der Waals surface area contributed by atoms with Gasteiger partial charge in [0.2, 0.25) is 0 Å². The first-order chi connectivity index (χ1) is 9.38. The Bertz CT molecular complexity index is 384. The zero-order valence-electron chi connectivity index (χ0n) is 11.7. The quantitative estimate of drug-likeness (QED) is 0.604. The molecule has 2 heteroatoms. The number of hydrazine groups is 1. The van der Waals surface area contributed by atoms with Crippen LogP contribution in [0.3, 0.4) is 0 Å². The maximum Gasteiger partial charge on any atom is 0.0244 e. The summed E-state index contributed by atoms with van der Waals surface area (Å²) in [4.78, 5) is 0. The van der Waals surface area contributed by atoms with Crippen LogP contribution in [0.15, 0.2) is 30.3 Å². The monoisotopic (exact) mass is 258 g/mol. The van der Waals surface area contributed by atoms with Crippen LogP contribution < -0.4 is 11.3 Å². The molecule has 0 aromatic heterocycles. The van der Waals surface area contributed by atoms with Crippen LogP contribution in [0, 0.1) is 11.8 Å². The molecule has 0 saturated heterocycles. The van der Waals surface area contributed by atoms with E-state index in [1.54, 1.807) is 0 Å². The topological polar surface area (TPSA) is 38.0 Å². The number of nitrogens with one attached hydrogen (secondary N) is 1. The second-order valence-corrected chi connectivity index (χ2v) is 6.42. The van der Waals surface area contributed by atoms with E-state index in [1.807, 2.05) is 0 Å². The van der Waals surface area contributed by atoms with Crippen molar-refractivity contribution in [1.82, 2.24) is 5.43 Å². The van der Waals surface area contributed by atoms with Crippen molar-refractivity contribution in [1.29, 1.82) is 0 Å². The van der Waals surface area contributed by atoms with Crippen molar-refractivity contribution in [2.45, 2.75) is 56.9 Å². The van der Waals surface area contributed by atoms with Crippen LogP contribution in [0.4, 0.5) is 0 Å². The molecule has 19 heavy (non-hydrogen) atoms. The van der Waals surface area contributed by atoms with Gasteiger partial charge in [-0.2, -0.15) is 0 Å². The molecule has 0 radical (unpaired) electrons. The molecule has 3 atom stereocenters. The van der Waals surface area contributed by atoms with Gasteiger partial charge in [-0.1, -0.05) is 56.0 Å². The largest absolute Gasteiger partial charge is 0.271 e. The number of benzene rings is 1. The molecular formula is C17H26N2. The minimum absolute atomic E-state index is 0.519. The summed E-state index contributed by atoms with van der Waals surface area (Å²) in [6.07, 6.45) is 9.72. The van der Waals surface area contributed by atoms with Gasteiger partial charge in [0.15, 0.2) is 0 Å². The zero-order valence-corrected chi connectivity index (χ0v) is 11.7. The van der Waals surface area contributed by atoms with Crippen LogP contribution >= 0.6 is 0 Å². The first-order valence-corrected chi connectivity index (χ1v) is 7.89. The van der Waals surface area contributed by atoms with E-state index in [1.165, 1.54) is 50.5 Å². The van der Waals surface area contributed by atoms with E-state index in [4.69, 9.17) is 5.84 Å². The molecule has 3 rings (SSSR count). The lowest BCUT2D eigenvalue weighted by molar-refractivity contribution is 0.378. The molecule has 0 spiro atoms. The lowest BCUT2D eigenvalue weighted by Gasteiger charge is -2.18. The molecule has 0 aliphatic heterocycles. The molecule has 0 bridgehead atoms. The Morgan fingerprint density at radius 3 is 2.58 bits per heavy atom. The highest BCUT2D eigenvalue weighted by atomic mass is 15.2. The average molecular weight is 258 g/mol. The molecule has 1 aromatic rings. The van der Waals surface area contributed by atoms with Crippen molar-refractivity contribution in [3.05, 3.63) is 35.9 Å². The Labute approximate surface area is 116 Å². The summed E-state index contributed by atoms with van der Waals surface area (Å²) in [6, 6.07) is 11.4. The van der Waals surface area contributed by atoms with Crippen molar-refractivity contribution < 1.29 is 0 Å². The van der Waals surface area contributed by atoms with Gasteiger partial charge >= 0.3 is 0 Å². The summed E-state index contributed by atoms with van der Waals surface area (Å²) >= 11 is 0. The van der Waals surface area contributed by atoms with E-state index in [0.29, 0.717) is 6.04 Å². The fraction of sp³-hybridized carbons (Fsp3) is 0.647. The van der Waals surface area contributed by atoms with Gasteiger partial charge in [0.1, 0.15) is 0 Å². The Morgan fingerprint density at radius 2 is 1.89 bits per heavy atom. The van der Waals surface area contributed by atoms with E-state index < -0.39 is 0 Å². The van der Waals surface area contributed by atoms with E-state index in [9.17, 15) is 0 Å². The second kappa shape index (κ2) is 6.06. The molecule has 0 amide bonds. The van der Waals surface area contributed by atoms with Crippen molar-refractivity contribution in [3.63, 3.8) is 0 Å². The first kappa shape index (κ1) is 13.1. The van der Waals surface area contributed by atoms with Crippen LogP contribution in [0.5, 0.6) is 0 Å². The summed E-state index contributed by atoms with van der Waals surface area (Å²) in [5.74, 6) is 8.27. The van der Waals surface area contributed by atoms with Crippen molar-refractivity contribution in [2.24, 2.45) is 17.7 Å². The van der Waals surface area contributed by atoms with Crippen LogP contribution in [0.1, 0.15) is 56.4 Å². The molecule has 1 aromatic carbocycles. The summed E-state index contributed by atoms with van der Waals surface area (Å²) in [5.41, 5.74) is 4.58. The Balaban J connectivity index is 1.50. The maximum atomic E-state index is 5.79. The third-order valence-electron chi connectivity index (χ3n) is 5.16. The predicted octanol–water partition coefficient (Wildman–Crippen LogP) is 3.59. The summed E-state index contributed by atoms with van der Waals surface area (Å²) in [5, 5.41) is 0. The van der Waals surface area contributed by atoms with Crippen molar-refractivity contribution >= 4 is 0 Å². The molecule has 0 heterocycles. The highest BCUT2D eigenvalue weighted by Gasteiger charge is 2.43. The molecule has 3 unspecified atom stereocenters. The molecule has 104 valence electrons. The van der Waals surface area contributed by atoms with Gasteiger partial charge in [-0.15, -0.1) is 0 Å². The molecule has 2 fully saturated rings. The molecule has 2 saturated carbocycles. The SMILES string of the molecule is NNC(CCC1CCCC1)C1CC1c1ccccc1. The number of rotatable bonds is 6. The third-order valence-corrected chi connectivity index (χ3v) is 5.16. The van der Waals surface area contributed by atoms with Crippen LogP contribution in [0.25, 0.3) is 0 Å². The predicted molar refractivity (Wildman–Crippen MR) is 79.6 cm³/mol. The van der Waals surface area contributed by atoms with Gasteiger partial charge in [0, 0.05) is 6.04 Å². The van der Waals surface area contributed by atoms with Gasteiger partial charge < -0.3 is 0 Å². The minimum Gasteiger partial charge on any atom is -0.271 e. The van der Waals surface area contributed by atoms with Gasteiger partial charge in [0.25, 0.3) is 0 Å². The van der Waals surface area contributed by atoms with Crippen LogP contribution in [0.2, 0.25) is 0 Å². The van der Waals surface area contributed by atoms with Gasteiger partial charge in [0.05, 0.1) is 0 Å². The van der Waals surface area contributed by atoms with Crippen molar-refractivity contribution in [3.8, 4) is 0 Å². The molecule has 2 aliphatic carbocycles. The third kappa shape index (κ3) is 3.18. The number of nitrogens with two attached hydrogens (primary N) is 1. The van der Waals surface area contributed by atoms with E-state index >= 15 is 0 Å².